The number of rotatable bonds is 8. The van der Waals surface area contributed by atoms with Crippen LogP contribution in [-0.4, -0.2) is 53.9 Å². The van der Waals surface area contributed by atoms with Crippen molar-refractivity contribution in [1.82, 2.24) is 0 Å². The maximum Gasteiger partial charge on any atom is 0.357 e. The molecule has 0 aromatic carbocycles. The third-order valence-electron chi connectivity index (χ3n) is 2.94. The van der Waals surface area contributed by atoms with Gasteiger partial charge in [-0.2, -0.15) is 35.1 Å². The molecule has 4 nitrogen and oxygen atoms in total. The van der Waals surface area contributed by atoms with Crippen molar-refractivity contribution in [1.29, 1.82) is 0 Å². The maximum absolute atomic E-state index is 13.1. The summed E-state index contributed by atoms with van der Waals surface area (Å²) in [5, 5.41) is 8.03. The van der Waals surface area contributed by atoms with Crippen molar-refractivity contribution in [2.24, 2.45) is 5.16 Å². The predicted octanol–water partition coefficient (Wildman–Crippen LogP) is 4.39. The Labute approximate surface area is 153 Å². The fraction of sp³-hybridized carbons (Fsp3) is 0.889. The molecular weight excluding hydrogens is 464 g/mol. The molecule has 0 aromatic rings. The molecule has 0 fully saturated rings. The molecule has 0 aliphatic rings. The summed E-state index contributed by atoms with van der Waals surface area (Å²) < 4.78 is 105. The third kappa shape index (κ3) is 5.04. The van der Waals surface area contributed by atoms with Crippen molar-refractivity contribution >= 4 is 52.1 Å². The van der Waals surface area contributed by atoms with E-state index in [1.54, 1.807) is 0 Å². The zero-order chi connectivity index (χ0) is 20.7. The number of hydrogen-bond acceptors (Lipinski definition) is 4. The summed E-state index contributed by atoms with van der Waals surface area (Å²) >= 11 is 17.1. The summed E-state index contributed by atoms with van der Waals surface area (Å²) in [5.41, 5.74) is -11.4. The molecule has 0 spiro atoms. The second kappa shape index (κ2) is 7.19. The molecule has 0 atom stereocenters. The summed E-state index contributed by atoms with van der Waals surface area (Å²) in [7, 11) is 0. The Bertz CT molecular complexity index is 441. The highest BCUT2D eigenvalue weighted by Gasteiger charge is 2.70. The van der Waals surface area contributed by atoms with Crippen LogP contribution in [0.4, 0.5) is 35.1 Å². The summed E-state index contributed by atoms with van der Waals surface area (Å²) in [6.45, 7) is 0. The van der Waals surface area contributed by atoms with Gasteiger partial charge in [0.1, 0.15) is 0 Å². The summed E-state index contributed by atoms with van der Waals surface area (Å²) in [6.07, 6.45) is -4.67. The zero-order valence-corrected chi connectivity index (χ0v) is 14.3. The van der Waals surface area contributed by atoms with Gasteiger partial charge in [0.25, 0.3) is 0 Å². The smallest absolute Gasteiger partial charge is 0.357 e. The van der Waals surface area contributed by atoms with Gasteiger partial charge in [0, 0.05) is 12.8 Å². The van der Waals surface area contributed by atoms with Gasteiger partial charge in [-0.15, -0.1) is 0 Å². The Morgan fingerprint density at radius 2 is 0.840 bits per heavy atom. The maximum atomic E-state index is 13.1. The van der Waals surface area contributed by atoms with Gasteiger partial charge < -0.3 is 15.4 Å². The van der Waals surface area contributed by atoms with Crippen LogP contribution in [-0.2, 0) is 0 Å². The lowest BCUT2D eigenvalue weighted by atomic mass is 9.89. The fourth-order valence-corrected chi connectivity index (χ4v) is 2.28. The topological polar surface area (TPSA) is 73.1 Å². The van der Waals surface area contributed by atoms with E-state index in [1.165, 1.54) is 0 Å². The van der Waals surface area contributed by atoms with Gasteiger partial charge in [-0.1, -0.05) is 5.16 Å². The van der Waals surface area contributed by atoms with Gasteiger partial charge in [0.15, 0.2) is 0 Å². The van der Waals surface area contributed by atoms with Crippen molar-refractivity contribution in [3.63, 3.8) is 0 Å². The highest BCUT2D eigenvalue weighted by molar-refractivity contribution is 6.27. The number of alkyl halides is 12. The average molecular weight is 471 g/mol. The molecule has 0 amide bonds. The molecule has 0 rings (SSSR count). The second-order valence-electron chi connectivity index (χ2n) is 4.73. The molecule has 3 N–H and O–H groups in total. The Balaban J connectivity index is 6.00. The molecule has 0 saturated heterocycles. The summed E-state index contributed by atoms with van der Waals surface area (Å²) in [4.78, 5) is 0. The van der Waals surface area contributed by atoms with Crippen LogP contribution in [0.5, 0.6) is 0 Å². The lowest BCUT2D eigenvalue weighted by Gasteiger charge is -2.38. The van der Waals surface area contributed by atoms with Crippen molar-refractivity contribution in [3.8, 4) is 0 Å². The Morgan fingerprint density at radius 1 is 0.640 bits per heavy atom. The van der Waals surface area contributed by atoms with Gasteiger partial charge in [-0.3, -0.25) is 0 Å². The molecule has 0 aliphatic carbocycles. The SMILES string of the molecule is ON=C(CC(O)(C(F)(F)Cl)C(F)(F)Cl)CC(O)(C(F)(F)Cl)C(F)(F)Cl. The quantitative estimate of drug-likeness (QED) is 0.162. The van der Waals surface area contributed by atoms with Crippen molar-refractivity contribution in [2.75, 3.05) is 0 Å². The van der Waals surface area contributed by atoms with E-state index in [2.05, 4.69) is 46.4 Å². The molecule has 0 bridgehead atoms. The standard InChI is InChI=1S/C9H7Cl4F8NO3/c10-6(14,15)4(23,7(11,16)17)1-3(22-25)2-5(24,8(12,18)19)9(13,20)21/h23-25H,1-2H2. The van der Waals surface area contributed by atoms with E-state index in [1.807, 2.05) is 5.16 Å². The molecule has 0 saturated carbocycles. The van der Waals surface area contributed by atoms with E-state index in [4.69, 9.17) is 5.21 Å². The largest absolute Gasteiger partial charge is 0.411 e. The van der Waals surface area contributed by atoms with Crippen LogP contribution in [0, 0.1) is 0 Å². The molecule has 0 unspecified atom stereocenters. The monoisotopic (exact) mass is 469 g/mol. The van der Waals surface area contributed by atoms with Crippen molar-refractivity contribution in [3.05, 3.63) is 0 Å². The van der Waals surface area contributed by atoms with E-state index < -0.39 is 51.3 Å². The molecule has 0 heterocycles. The second-order valence-corrected chi connectivity index (χ2v) is 6.63. The molecule has 0 aliphatic heterocycles. The lowest BCUT2D eigenvalue weighted by Crippen LogP contribution is -2.60. The first-order valence-corrected chi connectivity index (χ1v) is 7.06. The van der Waals surface area contributed by atoms with E-state index in [0.717, 1.165) is 0 Å². The van der Waals surface area contributed by atoms with Crippen LogP contribution >= 0.6 is 46.4 Å². The molecule has 0 aromatic heterocycles. The minimum absolute atomic E-state index is 1.83. The highest BCUT2D eigenvalue weighted by atomic mass is 35.5. The minimum atomic E-state index is -5.26. The van der Waals surface area contributed by atoms with E-state index >= 15 is 0 Å². The molecule has 16 heteroatoms. The molecular formula is C9H7Cl4F8NO3. The predicted molar refractivity (Wildman–Crippen MR) is 71.6 cm³/mol. The van der Waals surface area contributed by atoms with Gasteiger partial charge in [-0.25, -0.2) is 0 Å². The normalized spacial score (nSPS) is 15.3. The van der Waals surface area contributed by atoms with Gasteiger partial charge in [0.05, 0.1) is 5.71 Å². The highest BCUT2D eigenvalue weighted by Crippen LogP contribution is 2.51. The van der Waals surface area contributed by atoms with Crippen molar-refractivity contribution in [2.45, 2.75) is 45.6 Å². The number of oxime groups is 1. The van der Waals surface area contributed by atoms with E-state index in [9.17, 15) is 45.3 Å². The average Bonchev–Trinajstić information content (AvgIpc) is 2.31. The Kier molecular flexibility index (Phi) is 7.19. The molecule has 0 radical (unpaired) electrons. The number of aliphatic hydroxyl groups is 2. The number of hydrogen-bond donors (Lipinski definition) is 3. The molecule has 150 valence electrons. The van der Waals surface area contributed by atoms with Crippen LogP contribution < -0.4 is 0 Å². The first-order valence-electron chi connectivity index (χ1n) is 5.55. The summed E-state index contributed by atoms with van der Waals surface area (Å²) in [6, 6.07) is 0. The fourth-order valence-electron chi connectivity index (χ4n) is 1.45. The van der Waals surface area contributed by atoms with Crippen LogP contribution in [0.2, 0.25) is 0 Å². The Hall–Kier alpha value is -0.0100. The van der Waals surface area contributed by atoms with Gasteiger partial charge >= 0.3 is 21.5 Å². The summed E-state index contributed by atoms with van der Waals surface area (Å²) in [5.74, 6) is 0. The first-order chi connectivity index (χ1) is 10.6. The van der Waals surface area contributed by atoms with Crippen LogP contribution in [0.15, 0.2) is 5.16 Å². The zero-order valence-electron chi connectivity index (χ0n) is 11.2. The molecule has 25 heavy (non-hydrogen) atoms. The number of halogens is 12. The first kappa shape index (κ1) is 25.0. The van der Waals surface area contributed by atoms with E-state index in [-0.39, 0.29) is 0 Å². The lowest BCUT2D eigenvalue weighted by molar-refractivity contribution is -0.219. The van der Waals surface area contributed by atoms with E-state index in [0.29, 0.717) is 0 Å². The van der Waals surface area contributed by atoms with Crippen LogP contribution in [0.1, 0.15) is 12.8 Å². The minimum Gasteiger partial charge on any atom is -0.411 e. The van der Waals surface area contributed by atoms with Gasteiger partial charge in [-0.05, 0) is 46.4 Å². The van der Waals surface area contributed by atoms with Gasteiger partial charge in [0.2, 0.25) is 11.2 Å². The van der Waals surface area contributed by atoms with Crippen molar-refractivity contribution < 1.29 is 50.5 Å². The van der Waals surface area contributed by atoms with Crippen LogP contribution in [0.25, 0.3) is 0 Å². The number of nitrogens with zero attached hydrogens (tertiary/aromatic N) is 1. The Morgan fingerprint density at radius 3 is 0.960 bits per heavy atom. The van der Waals surface area contributed by atoms with Crippen LogP contribution in [0.3, 0.4) is 0 Å². The third-order valence-corrected chi connectivity index (χ3v) is 4.19.